The standard InChI is InChI=1S/C21H20N4O3S/c1-14-9-10-19(28-3)20(11-14)29(26,27)24-16-12-18-15(2)23-25(21(18)22-13-16)17-7-5-4-6-8-17/h4-13,24H,1-3H3. The number of pyridine rings is 1. The number of hydrogen-bond acceptors (Lipinski definition) is 5. The summed E-state index contributed by atoms with van der Waals surface area (Å²) in [6.45, 7) is 3.69. The molecule has 29 heavy (non-hydrogen) atoms. The van der Waals surface area contributed by atoms with Crippen LogP contribution in [0.3, 0.4) is 0 Å². The molecule has 148 valence electrons. The van der Waals surface area contributed by atoms with Gasteiger partial charge in [-0.2, -0.15) is 5.10 Å². The van der Waals surface area contributed by atoms with Crippen molar-refractivity contribution in [3.05, 3.63) is 72.1 Å². The zero-order chi connectivity index (χ0) is 20.6. The second-order valence-corrected chi connectivity index (χ2v) is 8.34. The second-order valence-electron chi connectivity index (χ2n) is 6.69. The Balaban J connectivity index is 1.75. The Morgan fingerprint density at radius 3 is 2.52 bits per heavy atom. The van der Waals surface area contributed by atoms with Gasteiger partial charge < -0.3 is 4.74 Å². The van der Waals surface area contributed by atoms with Crippen LogP contribution in [0.5, 0.6) is 5.75 Å². The monoisotopic (exact) mass is 408 g/mol. The number of methoxy groups -OCH3 is 1. The van der Waals surface area contributed by atoms with Crippen molar-refractivity contribution in [2.45, 2.75) is 18.7 Å². The van der Waals surface area contributed by atoms with Crippen LogP contribution in [0.1, 0.15) is 11.3 Å². The van der Waals surface area contributed by atoms with E-state index in [1.807, 2.05) is 44.2 Å². The number of anilines is 1. The third-order valence-corrected chi connectivity index (χ3v) is 5.97. The van der Waals surface area contributed by atoms with Gasteiger partial charge in [-0.1, -0.05) is 24.3 Å². The molecule has 0 aliphatic carbocycles. The number of para-hydroxylation sites is 1. The molecule has 0 atom stereocenters. The summed E-state index contributed by atoms with van der Waals surface area (Å²) in [5.41, 5.74) is 3.47. The number of benzene rings is 2. The molecule has 0 fully saturated rings. The van der Waals surface area contributed by atoms with Gasteiger partial charge in [-0.15, -0.1) is 0 Å². The molecule has 0 spiro atoms. The summed E-state index contributed by atoms with van der Waals surface area (Å²) in [6.07, 6.45) is 1.49. The summed E-state index contributed by atoms with van der Waals surface area (Å²) in [7, 11) is -2.40. The first kappa shape index (κ1) is 18.9. The number of nitrogens with zero attached hydrogens (tertiary/aromatic N) is 3. The Bertz CT molecular complexity index is 1300. The summed E-state index contributed by atoms with van der Waals surface area (Å²) < 4.78 is 35.4. The predicted molar refractivity (Wildman–Crippen MR) is 112 cm³/mol. The van der Waals surface area contributed by atoms with E-state index in [4.69, 9.17) is 4.74 Å². The van der Waals surface area contributed by atoms with Crippen LogP contribution in [0.2, 0.25) is 0 Å². The van der Waals surface area contributed by atoms with E-state index in [0.29, 0.717) is 11.3 Å². The number of rotatable bonds is 5. The first-order chi connectivity index (χ1) is 13.9. The summed E-state index contributed by atoms with van der Waals surface area (Å²) >= 11 is 0. The molecule has 0 unspecified atom stereocenters. The molecule has 1 N–H and O–H groups in total. The molecule has 2 aromatic carbocycles. The molecule has 0 saturated carbocycles. The summed E-state index contributed by atoms with van der Waals surface area (Å²) in [5, 5.41) is 5.32. The number of fused-ring (bicyclic) bond motifs is 1. The molecule has 7 nitrogen and oxygen atoms in total. The number of nitrogens with one attached hydrogen (secondary N) is 1. The van der Waals surface area contributed by atoms with E-state index in [2.05, 4.69) is 14.8 Å². The van der Waals surface area contributed by atoms with Crippen molar-refractivity contribution in [3.63, 3.8) is 0 Å². The van der Waals surface area contributed by atoms with Crippen LogP contribution in [0.4, 0.5) is 5.69 Å². The first-order valence-corrected chi connectivity index (χ1v) is 10.5. The molecule has 2 aromatic heterocycles. The lowest BCUT2D eigenvalue weighted by atomic mass is 10.2. The third kappa shape index (κ3) is 3.54. The van der Waals surface area contributed by atoms with E-state index >= 15 is 0 Å². The van der Waals surface area contributed by atoms with Gasteiger partial charge in [-0.25, -0.2) is 18.1 Å². The fourth-order valence-corrected chi connectivity index (χ4v) is 4.44. The Hall–Kier alpha value is -3.39. The van der Waals surface area contributed by atoms with E-state index in [9.17, 15) is 8.42 Å². The lowest BCUT2D eigenvalue weighted by molar-refractivity contribution is 0.402. The smallest absolute Gasteiger partial charge is 0.265 e. The van der Waals surface area contributed by atoms with E-state index in [1.165, 1.54) is 13.3 Å². The molecular weight excluding hydrogens is 388 g/mol. The SMILES string of the molecule is COc1ccc(C)cc1S(=O)(=O)Nc1cnc2c(c1)c(C)nn2-c1ccccc1. The van der Waals surface area contributed by atoms with Gasteiger partial charge in [0, 0.05) is 5.39 Å². The van der Waals surface area contributed by atoms with Crippen molar-refractivity contribution in [1.29, 1.82) is 0 Å². The van der Waals surface area contributed by atoms with Gasteiger partial charge in [0.1, 0.15) is 10.6 Å². The quantitative estimate of drug-likeness (QED) is 0.542. The highest BCUT2D eigenvalue weighted by atomic mass is 32.2. The van der Waals surface area contributed by atoms with Crippen molar-refractivity contribution in [2.75, 3.05) is 11.8 Å². The van der Waals surface area contributed by atoms with E-state index in [-0.39, 0.29) is 10.6 Å². The van der Waals surface area contributed by atoms with Crippen LogP contribution in [0, 0.1) is 13.8 Å². The average Bonchev–Trinajstić information content (AvgIpc) is 3.04. The number of sulfonamides is 1. The van der Waals surface area contributed by atoms with Crippen LogP contribution in [-0.2, 0) is 10.0 Å². The van der Waals surface area contributed by atoms with E-state index < -0.39 is 10.0 Å². The van der Waals surface area contributed by atoms with Crippen LogP contribution >= 0.6 is 0 Å². The highest BCUT2D eigenvalue weighted by molar-refractivity contribution is 7.92. The van der Waals surface area contributed by atoms with Crippen molar-refractivity contribution >= 4 is 26.7 Å². The van der Waals surface area contributed by atoms with Crippen molar-refractivity contribution in [3.8, 4) is 11.4 Å². The summed E-state index contributed by atoms with van der Waals surface area (Å²) in [6, 6.07) is 16.4. The largest absolute Gasteiger partial charge is 0.495 e. The molecule has 0 aliphatic rings. The number of hydrogen-bond donors (Lipinski definition) is 1. The summed E-state index contributed by atoms with van der Waals surface area (Å²) in [4.78, 5) is 4.54. The maximum Gasteiger partial charge on any atom is 0.265 e. The van der Waals surface area contributed by atoms with Crippen molar-refractivity contribution < 1.29 is 13.2 Å². The van der Waals surface area contributed by atoms with Crippen LogP contribution < -0.4 is 9.46 Å². The van der Waals surface area contributed by atoms with Gasteiger partial charge in [-0.3, -0.25) is 4.72 Å². The molecule has 0 saturated heterocycles. The Morgan fingerprint density at radius 1 is 1.03 bits per heavy atom. The van der Waals surface area contributed by atoms with Gasteiger partial charge in [0.2, 0.25) is 0 Å². The normalized spacial score (nSPS) is 11.6. The Kier molecular flexibility index (Phi) is 4.71. The van der Waals surface area contributed by atoms with Gasteiger partial charge in [0.25, 0.3) is 10.0 Å². The Labute approximate surface area is 169 Å². The minimum Gasteiger partial charge on any atom is -0.495 e. The van der Waals surface area contributed by atoms with E-state index in [0.717, 1.165) is 22.3 Å². The molecule has 4 aromatic rings. The average molecular weight is 408 g/mol. The van der Waals surface area contributed by atoms with Crippen LogP contribution in [0.25, 0.3) is 16.7 Å². The van der Waals surface area contributed by atoms with Crippen LogP contribution in [-0.4, -0.2) is 30.3 Å². The second kappa shape index (κ2) is 7.21. The Morgan fingerprint density at radius 2 is 1.79 bits per heavy atom. The van der Waals surface area contributed by atoms with Crippen molar-refractivity contribution in [1.82, 2.24) is 14.8 Å². The minimum absolute atomic E-state index is 0.0804. The molecular formula is C21H20N4O3S. The molecule has 0 radical (unpaired) electrons. The third-order valence-electron chi connectivity index (χ3n) is 4.57. The molecule has 0 amide bonds. The highest BCUT2D eigenvalue weighted by Gasteiger charge is 2.21. The zero-order valence-electron chi connectivity index (χ0n) is 16.2. The number of ether oxygens (including phenoxy) is 1. The van der Waals surface area contributed by atoms with Gasteiger partial charge in [0.05, 0.1) is 30.4 Å². The van der Waals surface area contributed by atoms with Crippen molar-refractivity contribution in [2.24, 2.45) is 0 Å². The van der Waals surface area contributed by atoms with Gasteiger partial charge >= 0.3 is 0 Å². The zero-order valence-corrected chi connectivity index (χ0v) is 17.1. The van der Waals surface area contributed by atoms with E-state index in [1.54, 1.807) is 28.9 Å². The lowest BCUT2D eigenvalue weighted by Crippen LogP contribution is -2.14. The number of aromatic nitrogens is 3. The topological polar surface area (TPSA) is 86.1 Å². The number of aryl methyl sites for hydroxylation is 2. The molecule has 8 heteroatoms. The lowest BCUT2D eigenvalue weighted by Gasteiger charge is -2.12. The predicted octanol–water partition coefficient (Wildman–Crippen LogP) is 3.85. The maximum absolute atomic E-state index is 12.9. The molecule has 0 aliphatic heterocycles. The molecule has 2 heterocycles. The highest BCUT2D eigenvalue weighted by Crippen LogP contribution is 2.28. The van der Waals surface area contributed by atoms with Gasteiger partial charge in [0.15, 0.2) is 5.65 Å². The molecule has 0 bridgehead atoms. The first-order valence-electron chi connectivity index (χ1n) is 8.97. The fraction of sp³-hybridized carbons (Fsp3) is 0.143. The van der Waals surface area contributed by atoms with Gasteiger partial charge in [-0.05, 0) is 49.7 Å². The minimum atomic E-state index is -3.85. The summed E-state index contributed by atoms with van der Waals surface area (Å²) in [5.74, 6) is 0.283. The molecule has 4 rings (SSSR count). The van der Waals surface area contributed by atoms with Crippen LogP contribution in [0.15, 0.2) is 65.7 Å². The maximum atomic E-state index is 12.9. The fourth-order valence-electron chi connectivity index (χ4n) is 3.15.